The third-order valence-corrected chi connectivity index (χ3v) is 3.92. The van der Waals surface area contributed by atoms with Crippen molar-refractivity contribution in [2.24, 2.45) is 5.92 Å². The van der Waals surface area contributed by atoms with Gasteiger partial charge in [-0.15, -0.1) is 0 Å². The van der Waals surface area contributed by atoms with E-state index >= 15 is 0 Å². The van der Waals surface area contributed by atoms with E-state index in [0.717, 1.165) is 11.3 Å². The van der Waals surface area contributed by atoms with Gasteiger partial charge in [0.15, 0.2) is 11.5 Å². The molecule has 1 saturated heterocycles. The maximum atomic E-state index is 11.9. The van der Waals surface area contributed by atoms with Crippen LogP contribution in [0.1, 0.15) is 31.2 Å². The van der Waals surface area contributed by atoms with E-state index in [9.17, 15) is 9.59 Å². The fourth-order valence-electron chi connectivity index (χ4n) is 2.92. The van der Waals surface area contributed by atoms with Crippen molar-refractivity contribution >= 4 is 11.8 Å². The van der Waals surface area contributed by atoms with Gasteiger partial charge in [-0.3, -0.25) is 14.9 Å². The summed E-state index contributed by atoms with van der Waals surface area (Å²) >= 11 is 0. The highest BCUT2D eigenvalue weighted by Gasteiger charge is 2.36. The molecule has 20 heavy (non-hydrogen) atoms. The molecule has 1 N–H and O–H groups in total. The standard InChI is InChI=1S/C15H17NO4/c1-2-10-11(8-14(17)16-15(10)18)9-3-4-12-13(7-9)20-6-5-19-12/h3-4,7,10-11H,2,5-6,8H2,1H3,(H,16,17,18). The van der Waals surface area contributed by atoms with Gasteiger partial charge in [0, 0.05) is 18.3 Å². The van der Waals surface area contributed by atoms with Gasteiger partial charge in [0.25, 0.3) is 0 Å². The Morgan fingerprint density at radius 3 is 2.70 bits per heavy atom. The second kappa shape index (κ2) is 5.15. The quantitative estimate of drug-likeness (QED) is 0.833. The van der Waals surface area contributed by atoms with Crippen LogP contribution >= 0.6 is 0 Å². The largest absolute Gasteiger partial charge is 0.486 e. The SMILES string of the molecule is CCC1C(=O)NC(=O)CC1c1ccc2c(c1)OCCO2. The fourth-order valence-corrected chi connectivity index (χ4v) is 2.92. The van der Waals surface area contributed by atoms with Crippen LogP contribution in [0.15, 0.2) is 18.2 Å². The number of ether oxygens (including phenoxy) is 2. The molecule has 3 rings (SSSR count). The van der Waals surface area contributed by atoms with Crippen LogP contribution in [0, 0.1) is 5.92 Å². The molecule has 0 bridgehead atoms. The molecule has 2 atom stereocenters. The number of carbonyl (C=O) groups is 2. The van der Waals surface area contributed by atoms with Gasteiger partial charge < -0.3 is 9.47 Å². The Bertz CT molecular complexity index is 555. The predicted octanol–water partition coefficient (Wildman–Crippen LogP) is 1.61. The fraction of sp³-hybridized carbons (Fsp3) is 0.467. The zero-order valence-corrected chi connectivity index (χ0v) is 11.3. The summed E-state index contributed by atoms with van der Waals surface area (Å²) in [4.78, 5) is 23.5. The van der Waals surface area contributed by atoms with Crippen molar-refractivity contribution in [2.45, 2.75) is 25.7 Å². The van der Waals surface area contributed by atoms with Gasteiger partial charge in [0.1, 0.15) is 13.2 Å². The summed E-state index contributed by atoms with van der Waals surface area (Å²) in [6.07, 6.45) is 1.04. The molecular weight excluding hydrogens is 258 g/mol. The smallest absolute Gasteiger partial charge is 0.230 e. The van der Waals surface area contributed by atoms with Crippen molar-refractivity contribution in [2.75, 3.05) is 13.2 Å². The minimum absolute atomic E-state index is 0.0860. The Kier molecular flexibility index (Phi) is 3.34. The summed E-state index contributed by atoms with van der Waals surface area (Å²) in [5.74, 6) is 0.775. The average molecular weight is 275 g/mol. The zero-order valence-electron chi connectivity index (χ0n) is 11.3. The number of piperidine rings is 1. The molecule has 2 heterocycles. The maximum absolute atomic E-state index is 11.9. The Morgan fingerprint density at radius 1 is 1.20 bits per heavy atom. The molecule has 2 unspecified atom stereocenters. The molecule has 0 saturated carbocycles. The van der Waals surface area contributed by atoms with Crippen molar-refractivity contribution in [1.82, 2.24) is 5.32 Å². The molecule has 2 amide bonds. The first-order chi connectivity index (χ1) is 9.69. The van der Waals surface area contributed by atoms with Crippen LogP contribution in [-0.4, -0.2) is 25.0 Å². The Labute approximate surface area is 117 Å². The lowest BCUT2D eigenvalue weighted by atomic mass is 9.79. The second-order valence-electron chi connectivity index (χ2n) is 5.14. The third kappa shape index (κ3) is 2.24. The van der Waals surface area contributed by atoms with Gasteiger partial charge in [-0.1, -0.05) is 13.0 Å². The minimum atomic E-state index is -0.209. The first-order valence-corrected chi connectivity index (χ1v) is 6.92. The number of hydrogen-bond acceptors (Lipinski definition) is 4. The maximum Gasteiger partial charge on any atom is 0.230 e. The Hall–Kier alpha value is -2.04. The van der Waals surface area contributed by atoms with E-state index in [1.807, 2.05) is 25.1 Å². The van der Waals surface area contributed by atoms with E-state index in [4.69, 9.17) is 9.47 Å². The molecule has 0 aliphatic carbocycles. The summed E-state index contributed by atoms with van der Waals surface area (Å²) in [6.45, 7) is 3.04. The zero-order chi connectivity index (χ0) is 14.1. The number of nitrogens with one attached hydrogen (secondary N) is 1. The number of rotatable bonds is 2. The summed E-state index contributed by atoms with van der Waals surface area (Å²) in [7, 11) is 0. The van der Waals surface area contributed by atoms with Crippen molar-refractivity contribution < 1.29 is 19.1 Å². The first-order valence-electron chi connectivity index (χ1n) is 6.92. The Morgan fingerprint density at radius 2 is 1.95 bits per heavy atom. The first kappa shape index (κ1) is 13.0. The van der Waals surface area contributed by atoms with Crippen molar-refractivity contribution in [3.05, 3.63) is 23.8 Å². The highest BCUT2D eigenvalue weighted by atomic mass is 16.6. The molecule has 0 aromatic heterocycles. The second-order valence-corrected chi connectivity index (χ2v) is 5.14. The van der Waals surface area contributed by atoms with Crippen LogP contribution in [-0.2, 0) is 9.59 Å². The highest BCUT2D eigenvalue weighted by molar-refractivity contribution is 5.99. The van der Waals surface area contributed by atoms with E-state index in [2.05, 4.69) is 5.32 Å². The number of carbonyl (C=O) groups excluding carboxylic acids is 2. The van der Waals surface area contributed by atoms with Crippen LogP contribution < -0.4 is 14.8 Å². The number of hydrogen-bond donors (Lipinski definition) is 1. The van der Waals surface area contributed by atoms with Crippen molar-refractivity contribution in [3.8, 4) is 11.5 Å². The van der Waals surface area contributed by atoms with E-state index in [0.29, 0.717) is 31.8 Å². The summed E-state index contributed by atoms with van der Waals surface area (Å²) < 4.78 is 11.1. The monoisotopic (exact) mass is 275 g/mol. The van der Waals surface area contributed by atoms with Gasteiger partial charge in [0.05, 0.1) is 0 Å². The van der Waals surface area contributed by atoms with Crippen molar-refractivity contribution in [3.63, 3.8) is 0 Å². The van der Waals surface area contributed by atoms with Gasteiger partial charge in [-0.05, 0) is 24.1 Å². The number of imide groups is 1. The number of fused-ring (bicyclic) bond motifs is 1. The van der Waals surface area contributed by atoms with Crippen LogP contribution in [0.2, 0.25) is 0 Å². The number of benzene rings is 1. The lowest BCUT2D eigenvalue weighted by Gasteiger charge is -2.30. The topological polar surface area (TPSA) is 64.6 Å². The molecule has 1 fully saturated rings. The van der Waals surface area contributed by atoms with Gasteiger partial charge in [-0.25, -0.2) is 0 Å². The summed E-state index contributed by atoms with van der Waals surface area (Å²) in [5.41, 5.74) is 0.962. The molecule has 2 aliphatic rings. The van der Waals surface area contributed by atoms with E-state index in [1.165, 1.54) is 0 Å². The molecule has 2 aliphatic heterocycles. The van der Waals surface area contributed by atoms with Gasteiger partial charge in [0.2, 0.25) is 11.8 Å². The van der Waals surface area contributed by atoms with E-state index in [-0.39, 0.29) is 23.7 Å². The molecule has 5 nitrogen and oxygen atoms in total. The highest BCUT2D eigenvalue weighted by Crippen LogP contribution is 2.38. The van der Waals surface area contributed by atoms with Crippen molar-refractivity contribution in [1.29, 1.82) is 0 Å². The van der Waals surface area contributed by atoms with Crippen LogP contribution in [0.3, 0.4) is 0 Å². The van der Waals surface area contributed by atoms with Crippen LogP contribution in [0.4, 0.5) is 0 Å². The Balaban J connectivity index is 1.93. The van der Waals surface area contributed by atoms with Crippen LogP contribution in [0.5, 0.6) is 11.5 Å². The van der Waals surface area contributed by atoms with Gasteiger partial charge >= 0.3 is 0 Å². The minimum Gasteiger partial charge on any atom is -0.486 e. The molecule has 0 spiro atoms. The van der Waals surface area contributed by atoms with Crippen LogP contribution in [0.25, 0.3) is 0 Å². The molecule has 0 radical (unpaired) electrons. The van der Waals surface area contributed by atoms with E-state index in [1.54, 1.807) is 0 Å². The normalized spacial score (nSPS) is 25.2. The van der Waals surface area contributed by atoms with Gasteiger partial charge in [-0.2, -0.15) is 0 Å². The lowest BCUT2D eigenvalue weighted by Crippen LogP contribution is -2.44. The lowest BCUT2D eigenvalue weighted by molar-refractivity contribution is -0.137. The number of amides is 2. The summed E-state index contributed by atoms with van der Waals surface area (Å²) in [6, 6.07) is 5.67. The molecule has 5 heteroatoms. The summed E-state index contributed by atoms with van der Waals surface area (Å²) in [5, 5.41) is 2.41. The average Bonchev–Trinajstić information content (AvgIpc) is 2.46. The third-order valence-electron chi connectivity index (χ3n) is 3.92. The molecule has 1 aromatic rings. The molecular formula is C15H17NO4. The molecule has 1 aromatic carbocycles. The van der Waals surface area contributed by atoms with E-state index < -0.39 is 0 Å². The molecule has 106 valence electrons. The predicted molar refractivity (Wildman–Crippen MR) is 71.7 cm³/mol.